The van der Waals surface area contributed by atoms with Crippen LogP contribution in [0.5, 0.6) is 0 Å². The van der Waals surface area contributed by atoms with E-state index in [-0.39, 0.29) is 0 Å². The number of aromatic nitrogens is 2. The molecule has 0 aliphatic heterocycles. The lowest BCUT2D eigenvalue weighted by Crippen LogP contribution is -2.14. The molecule has 1 N–H and O–H groups in total. The van der Waals surface area contributed by atoms with Crippen molar-refractivity contribution < 1.29 is 0 Å². The Morgan fingerprint density at radius 3 is 2.17 bits per heavy atom. The van der Waals surface area contributed by atoms with Crippen LogP contribution in [0.1, 0.15) is 16.8 Å². The summed E-state index contributed by atoms with van der Waals surface area (Å²) in [5.41, 5.74) is 5.44. The monoisotopic (exact) mass is 380 g/mol. The van der Waals surface area contributed by atoms with E-state index in [0.29, 0.717) is 5.95 Å². The lowest BCUT2D eigenvalue weighted by atomic mass is 10.1. The van der Waals surface area contributed by atoms with Crippen LogP contribution in [0.3, 0.4) is 0 Å². The molecule has 0 aliphatic carbocycles. The highest BCUT2D eigenvalue weighted by atomic mass is 15.2. The molecule has 0 radical (unpaired) electrons. The SMILES string of the molecule is Cc1ccccc1Nc1nc(Cc2ccccc2)cc(N(C)c2ccccc2)n1. The molecule has 0 fully saturated rings. The quantitative estimate of drug-likeness (QED) is 0.453. The molecule has 4 rings (SSSR count). The summed E-state index contributed by atoms with van der Waals surface area (Å²) in [4.78, 5) is 11.7. The Hall–Kier alpha value is -3.66. The molecule has 0 spiro atoms. The summed E-state index contributed by atoms with van der Waals surface area (Å²) in [6.07, 6.45) is 0.751. The molecule has 4 heteroatoms. The first-order valence-electron chi connectivity index (χ1n) is 9.72. The molecular weight excluding hydrogens is 356 g/mol. The van der Waals surface area contributed by atoms with E-state index in [1.165, 1.54) is 5.56 Å². The van der Waals surface area contributed by atoms with Crippen molar-refractivity contribution >= 4 is 23.1 Å². The summed E-state index contributed by atoms with van der Waals surface area (Å²) < 4.78 is 0. The number of hydrogen-bond donors (Lipinski definition) is 1. The lowest BCUT2D eigenvalue weighted by molar-refractivity contribution is 1.01. The number of benzene rings is 3. The van der Waals surface area contributed by atoms with Crippen molar-refractivity contribution in [3.8, 4) is 0 Å². The van der Waals surface area contributed by atoms with Gasteiger partial charge in [-0.15, -0.1) is 0 Å². The van der Waals surface area contributed by atoms with Gasteiger partial charge in [0.25, 0.3) is 0 Å². The van der Waals surface area contributed by atoms with Crippen molar-refractivity contribution in [2.75, 3.05) is 17.3 Å². The predicted molar refractivity (Wildman–Crippen MR) is 120 cm³/mol. The largest absolute Gasteiger partial charge is 0.329 e. The van der Waals surface area contributed by atoms with Gasteiger partial charge in [0.05, 0.1) is 5.69 Å². The maximum Gasteiger partial charge on any atom is 0.229 e. The zero-order valence-corrected chi connectivity index (χ0v) is 16.7. The summed E-state index contributed by atoms with van der Waals surface area (Å²) in [6, 6.07) is 30.8. The second-order valence-electron chi connectivity index (χ2n) is 7.04. The summed E-state index contributed by atoms with van der Waals surface area (Å²) >= 11 is 0. The van der Waals surface area contributed by atoms with E-state index in [1.807, 2.05) is 49.5 Å². The summed E-state index contributed by atoms with van der Waals surface area (Å²) in [6.45, 7) is 2.08. The van der Waals surface area contributed by atoms with Crippen LogP contribution in [0, 0.1) is 6.92 Å². The zero-order valence-electron chi connectivity index (χ0n) is 16.7. The van der Waals surface area contributed by atoms with Crippen molar-refractivity contribution in [3.05, 3.63) is 108 Å². The van der Waals surface area contributed by atoms with E-state index < -0.39 is 0 Å². The first kappa shape index (κ1) is 18.7. The Balaban J connectivity index is 1.71. The van der Waals surface area contributed by atoms with Gasteiger partial charge in [-0.05, 0) is 36.2 Å². The summed E-state index contributed by atoms with van der Waals surface area (Å²) in [5.74, 6) is 1.46. The van der Waals surface area contributed by atoms with Crippen molar-refractivity contribution in [2.45, 2.75) is 13.3 Å². The number of aryl methyl sites for hydroxylation is 1. The first-order chi connectivity index (χ1) is 14.2. The molecule has 0 amide bonds. The highest BCUT2D eigenvalue weighted by Gasteiger charge is 2.11. The average Bonchev–Trinajstić information content (AvgIpc) is 2.76. The van der Waals surface area contributed by atoms with Crippen LogP contribution in [0.4, 0.5) is 23.1 Å². The van der Waals surface area contributed by atoms with Gasteiger partial charge in [-0.25, -0.2) is 4.98 Å². The smallest absolute Gasteiger partial charge is 0.229 e. The molecule has 4 nitrogen and oxygen atoms in total. The maximum atomic E-state index is 4.79. The van der Waals surface area contributed by atoms with Crippen LogP contribution in [-0.4, -0.2) is 17.0 Å². The highest BCUT2D eigenvalue weighted by molar-refractivity contribution is 5.63. The molecule has 0 saturated heterocycles. The highest BCUT2D eigenvalue weighted by Crippen LogP contribution is 2.25. The molecule has 1 heterocycles. The third kappa shape index (κ3) is 4.61. The van der Waals surface area contributed by atoms with Gasteiger partial charge in [0.2, 0.25) is 5.95 Å². The number of rotatable bonds is 6. The van der Waals surface area contributed by atoms with Gasteiger partial charge in [0, 0.05) is 30.9 Å². The van der Waals surface area contributed by atoms with Gasteiger partial charge in [0.1, 0.15) is 5.82 Å². The van der Waals surface area contributed by atoms with Crippen molar-refractivity contribution in [3.63, 3.8) is 0 Å². The van der Waals surface area contributed by atoms with E-state index in [2.05, 4.69) is 65.7 Å². The Morgan fingerprint density at radius 1 is 0.793 bits per heavy atom. The number of hydrogen-bond acceptors (Lipinski definition) is 4. The van der Waals surface area contributed by atoms with Gasteiger partial charge < -0.3 is 10.2 Å². The van der Waals surface area contributed by atoms with Crippen LogP contribution in [-0.2, 0) is 6.42 Å². The molecule has 1 aromatic heterocycles. The van der Waals surface area contributed by atoms with Crippen molar-refractivity contribution in [1.29, 1.82) is 0 Å². The molecule has 0 aliphatic rings. The fourth-order valence-corrected chi connectivity index (χ4v) is 3.22. The third-order valence-electron chi connectivity index (χ3n) is 4.87. The minimum atomic E-state index is 0.602. The van der Waals surface area contributed by atoms with Gasteiger partial charge in [-0.2, -0.15) is 4.98 Å². The molecule has 3 aromatic carbocycles. The Labute approximate surface area is 171 Å². The topological polar surface area (TPSA) is 41.1 Å². The second kappa shape index (κ2) is 8.57. The number of anilines is 4. The van der Waals surface area contributed by atoms with Crippen molar-refractivity contribution in [1.82, 2.24) is 9.97 Å². The molecule has 0 bridgehead atoms. The first-order valence-corrected chi connectivity index (χ1v) is 9.72. The zero-order chi connectivity index (χ0) is 20.1. The normalized spacial score (nSPS) is 10.6. The molecule has 4 aromatic rings. The fourth-order valence-electron chi connectivity index (χ4n) is 3.22. The second-order valence-corrected chi connectivity index (χ2v) is 7.04. The van der Waals surface area contributed by atoms with Crippen LogP contribution >= 0.6 is 0 Å². The lowest BCUT2D eigenvalue weighted by Gasteiger charge is -2.20. The molecule has 29 heavy (non-hydrogen) atoms. The van der Waals surface area contributed by atoms with Gasteiger partial charge >= 0.3 is 0 Å². The number of para-hydroxylation sites is 2. The van der Waals surface area contributed by atoms with E-state index in [4.69, 9.17) is 9.97 Å². The standard InChI is InChI=1S/C25H24N4/c1-19-11-9-10-16-23(19)27-25-26-21(17-20-12-5-3-6-13-20)18-24(28-25)29(2)22-14-7-4-8-15-22/h3-16,18H,17H2,1-2H3,(H,26,27,28). The Bertz CT molecular complexity index is 1080. The van der Waals surface area contributed by atoms with Gasteiger partial charge in [0.15, 0.2) is 0 Å². The van der Waals surface area contributed by atoms with E-state index >= 15 is 0 Å². The van der Waals surface area contributed by atoms with E-state index in [9.17, 15) is 0 Å². The molecule has 0 unspecified atom stereocenters. The average molecular weight is 380 g/mol. The molecule has 144 valence electrons. The summed E-state index contributed by atoms with van der Waals surface area (Å²) in [7, 11) is 2.03. The number of nitrogens with one attached hydrogen (secondary N) is 1. The minimum Gasteiger partial charge on any atom is -0.329 e. The number of nitrogens with zero attached hydrogens (tertiary/aromatic N) is 3. The molecule has 0 atom stereocenters. The third-order valence-corrected chi connectivity index (χ3v) is 4.87. The Morgan fingerprint density at radius 2 is 1.45 bits per heavy atom. The molecule has 0 saturated carbocycles. The van der Waals surface area contributed by atoms with Crippen molar-refractivity contribution in [2.24, 2.45) is 0 Å². The predicted octanol–water partition coefficient (Wildman–Crippen LogP) is 5.89. The van der Waals surface area contributed by atoms with Crippen LogP contribution in [0.25, 0.3) is 0 Å². The van der Waals surface area contributed by atoms with E-state index in [1.54, 1.807) is 0 Å². The molecular formula is C25H24N4. The summed E-state index contributed by atoms with van der Waals surface area (Å²) in [5, 5.41) is 3.40. The minimum absolute atomic E-state index is 0.602. The van der Waals surface area contributed by atoms with E-state index in [0.717, 1.165) is 34.9 Å². The maximum absolute atomic E-state index is 4.79. The van der Waals surface area contributed by atoms with Crippen LogP contribution in [0.15, 0.2) is 91.0 Å². The van der Waals surface area contributed by atoms with Crippen LogP contribution in [0.2, 0.25) is 0 Å². The van der Waals surface area contributed by atoms with Crippen LogP contribution < -0.4 is 10.2 Å². The Kier molecular flexibility index (Phi) is 5.52. The van der Waals surface area contributed by atoms with Gasteiger partial charge in [-0.3, -0.25) is 0 Å². The van der Waals surface area contributed by atoms with Gasteiger partial charge in [-0.1, -0.05) is 66.7 Å². The fraction of sp³-hybridized carbons (Fsp3) is 0.120.